The highest BCUT2D eigenvalue weighted by Gasteiger charge is 2.13. The van der Waals surface area contributed by atoms with Gasteiger partial charge in [0, 0.05) is 36.7 Å². The molecule has 0 saturated carbocycles. The van der Waals surface area contributed by atoms with Crippen molar-refractivity contribution in [1.29, 1.82) is 5.26 Å². The van der Waals surface area contributed by atoms with Gasteiger partial charge in [0.25, 0.3) is 0 Å². The number of nitriles is 1. The van der Waals surface area contributed by atoms with Gasteiger partial charge >= 0.3 is 0 Å². The van der Waals surface area contributed by atoms with Crippen molar-refractivity contribution >= 4 is 0 Å². The molecule has 0 spiro atoms. The molecule has 0 aliphatic carbocycles. The lowest BCUT2D eigenvalue weighted by Gasteiger charge is -2.07. The fourth-order valence-electron chi connectivity index (χ4n) is 2.06. The van der Waals surface area contributed by atoms with Gasteiger partial charge < -0.3 is 9.88 Å². The Morgan fingerprint density at radius 3 is 2.72 bits per heavy atom. The van der Waals surface area contributed by atoms with E-state index in [1.54, 1.807) is 12.4 Å². The number of nitrogens with one attached hydrogen (secondary N) is 1. The Hall–Kier alpha value is -2.12. The number of aryl methyl sites for hydroxylation is 1. The van der Waals surface area contributed by atoms with Crippen LogP contribution in [-0.2, 0) is 6.54 Å². The van der Waals surface area contributed by atoms with Crippen LogP contribution in [-0.4, -0.2) is 23.1 Å². The first-order valence-electron chi connectivity index (χ1n) is 5.93. The Labute approximate surface area is 107 Å². The van der Waals surface area contributed by atoms with Gasteiger partial charge in [0.1, 0.15) is 11.8 Å². The normalized spacial score (nSPS) is 10.3. The summed E-state index contributed by atoms with van der Waals surface area (Å²) in [7, 11) is 1.91. The van der Waals surface area contributed by atoms with Crippen LogP contribution in [0.15, 0.2) is 30.6 Å². The summed E-state index contributed by atoms with van der Waals surface area (Å²) in [6.07, 6.45) is 3.49. The Morgan fingerprint density at radius 1 is 1.39 bits per heavy atom. The highest BCUT2D eigenvalue weighted by atomic mass is 15.0. The zero-order chi connectivity index (χ0) is 13.0. The van der Waals surface area contributed by atoms with E-state index < -0.39 is 0 Å². The molecule has 2 aromatic rings. The van der Waals surface area contributed by atoms with E-state index in [0.717, 1.165) is 29.9 Å². The van der Waals surface area contributed by atoms with E-state index >= 15 is 0 Å². The summed E-state index contributed by atoms with van der Waals surface area (Å²) in [6, 6.07) is 8.22. The van der Waals surface area contributed by atoms with Crippen molar-refractivity contribution in [3.63, 3.8) is 0 Å². The van der Waals surface area contributed by atoms with Crippen LogP contribution in [0.5, 0.6) is 0 Å². The molecule has 18 heavy (non-hydrogen) atoms. The molecule has 0 saturated heterocycles. The molecule has 2 aromatic heterocycles. The molecule has 0 amide bonds. The van der Waals surface area contributed by atoms with Gasteiger partial charge in [-0.1, -0.05) is 0 Å². The molecule has 0 aromatic carbocycles. The summed E-state index contributed by atoms with van der Waals surface area (Å²) in [4.78, 5) is 4.01. The van der Waals surface area contributed by atoms with E-state index in [4.69, 9.17) is 0 Å². The summed E-state index contributed by atoms with van der Waals surface area (Å²) in [5, 5.41) is 12.5. The number of likely N-dealkylation sites (N-methyl/N-ethyl adjacent to an activating group) is 1. The first kappa shape index (κ1) is 12.3. The van der Waals surface area contributed by atoms with Crippen molar-refractivity contribution in [2.45, 2.75) is 13.5 Å². The average molecular weight is 240 g/mol. The van der Waals surface area contributed by atoms with Crippen molar-refractivity contribution in [2.75, 3.05) is 13.6 Å². The molecule has 92 valence electrons. The second-order valence-electron chi connectivity index (χ2n) is 4.15. The zero-order valence-corrected chi connectivity index (χ0v) is 10.6. The topological polar surface area (TPSA) is 53.6 Å². The Morgan fingerprint density at radius 2 is 2.11 bits per heavy atom. The minimum absolute atomic E-state index is 0.717. The maximum absolute atomic E-state index is 9.37. The van der Waals surface area contributed by atoms with Gasteiger partial charge in [0.15, 0.2) is 0 Å². The van der Waals surface area contributed by atoms with Gasteiger partial charge in [-0.15, -0.1) is 0 Å². The third-order valence-corrected chi connectivity index (χ3v) is 2.99. The minimum Gasteiger partial charge on any atom is -0.335 e. The van der Waals surface area contributed by atoms with Crippen molar-refractivity contribution < 1.29 is 0 Å². The third-order valence-electron chi connectivity index (χ3n) is 2.99. The summed E-state index contributed by atoms with van der Waals surface area (Å²) >= 11 is 0. The monoisotopic (exact) mass is 240 g/mol. The maximum atomic E-state index is 9.37. The van der Waals surface area contributed by atoms with Crippen LogP contribution in [0.1, 0.15) is 11.4 Å². The molecule has 0 bridgehead atoms. The lowest BCUT2D eigenvalue weighted by molar-refractivity contribution is 0.630. The van der Waals surface area contributed by atoms with Gasteiger partial charge in [-0.05, 0) is 37.7 Å². The average Bonchev–Trinajstić information content (AvgIpc) is 2.73. The van der Waals surface area contributed by atoms with Crippen molar-refractivity contribution in [3.05, 3.63) is 42.0 Å². The third kappa shape index (κ3) is 2.27. The van der Waals surface area contributed by atoms with Crippen molar-refractivity contribution in [3.8, 4) is 17.2 Å². The zero-order valence-electron chi connectivity index (χ0n) is 10.6. The second-order valence-corrected chi connectivity index (χ2v) is 4.15. The fraction of sp³-hybridized carbons (Fsp3) is 0.286. The predicted molar refractivity (Wildman–Crippen MR) is 71.0 cm³/mol. The highest BCUT2D eigenvalue weighted by molar-refractivity contribution is 5.70. The van der Waals surface area contributed by atoms with Gasteiger partial charge in [0.2, 0.25) is 0 Å². The van der Waals surface area contributed by atoms with Crippen LogP contribution in [0.25, 0.3) is 11.1 Å². The molecular formula is C14H16N4. The molecular weight excluding hydrogens is 224 g/mol. The van der Waals surface area contributed by atoms with Gasteiger partial charge in [-0.25, -0.2) is 0 Å². The summed E-state index contributed by atoms with van der Waals surface area (Å²) in [5.41, 5.74) is 3.84. The van der Waals surface area contributed by atoms with Crippen LogP contribution in [0.2, 0.25) is 0 Å². The first-order valence-corrected chi connectivity index (χ1v) is 5.93. The smallest absolute Gasteiger partial charge is 0.128 e. The molecule has 4 heteroatoms. The number of aromatic nitrogens is 2. The Bertz CT molecular complexity index is 563. The number of pyridine rings is 1. The highest BCUT2D eigenvalue weighted by Crippen LogP contribution is 2.26. The number of nitrogens with zero attached hydrogens (tertiary/aromatic N) is 3. The van der Waals surface area contributed by atoms with E-state index in [-0.39, 0.29) is 0 Å². The van der Waals surface area contributed by atoms with Gasteiger partial charge in [-0.3, -0.25) is 4.98 Å². The number of hydrogen-bond acceptors (Lipinski definition) is 3. The van der Waals surface area contributed by atoms with Crippen molar-refractivity contribution in [2.24, 2.45) is 0 Å². The molecule has 0 unspecified atom stereocenters. The lowest BCUT2D eigenvalue weighted by atomic mass is 10.1. The van der Waals surface area contributed by atoms with Crippen LogP contribution >= 0.6 is 0 Å². The van der Waals surface area contributed by atoms with E-state index in [1.165, 1.54) is 0 Å². The summed E-state index contributed by atoms with van der Waals surface area (Å²) < 4.78 is 2.05. The molecule has 0 fully saturated rings. The lowest BCUT2D eigenvalue weighted by Crippen LogP contribution is -2.16. The molecule has 2 heterocycles. The molecule has 0 aliphatic heterocycles. The Kier molecular flexibility index (Phi) is 3.75. The van der Waals surface area contributed by atoms with E-state index in [0.29, 0.717) is 5.69 Å². The van der Waals surface area contributed by atoms with Crippen LogP contribution < -0.4 is 5.32 Å². The molecule has 0 radical (unpaired) electrons. The first-order chi connectivity index (χ1) is 8.77. The second kappa shape index (κ2) is 5.48. The van der Waals surface area contributed by atoms with E-state index in [1.807, 2.05) is 30.7 Å². The fourth-order valence-corrected chi connectivity index (χ4v) is 2.06. The quantitative estimate of drug-likeness (QED) is 0.888. The SMILES string of the molecule is CNCCn1c(C)cc(-c2ccncc2)c1C#N. The molecule has 4 nitrogen and oxygen atoms in total. The largest absolute Gasteiger partial charge is 0.335 e. The summed E-state index contributed by atoms with van der Waals surface area (Å²) in [6.45, 7) is 3.68. The number of hydrogen-bond donors (Lipinski definition) is 1. The van der Waals surface area contributed by atoms with Crippen LogP contribution in [0.3, 0.4) is 0 Å². The molecule has 0 aliphatic rings. The van der Waals surface area contributed by atoms with Crippen LogP contribution in [0, 0.1) is 18.3 Å². The van der Waals surface area contributed by atoms with E-state index in [2.05, 4.69) is 22.4 Å². The minimum atomic E-state index is 0.717. The molecule has 0 atom stereocenters. The predicted octanol–water partition coefficient (Wildman–Crippen LogP) is 1.95. The summed E-state index contributed by atoms with van der Waals surface area (Å²) in [5.74, 6) is 0. The van der Waals surface area contributed by atoms with E-state index in [9.17, 15) is 5.26 Å². The maximum Gasteiger partial charge on any atom is 0.128 e. The van der Waals surface area contributed by atoms with Crippen molar-refractivity contribution in [1.82, 2.24) is 14.9 Å². The van der Waals surface area contributed by atoms with Gasteiger partial charge in [-0.2, -0.15) is 5.26 Å². The number of rotatable bonds is 4. The van der Waals surface area contributed by atoms with Gasteiger partial charge in [0.05, 0.1) is 0 Å². The Balaban J connectivity index is 2.47. The molecule has 2 rings (SSSR count). The van der Waals surface area contributed by atoms with Crippen LogP contribution in [0.4, 0.5) is 0 Å². The standard InChI is InChI=1S/C14H16N4/c1-11-9-13(12-3-5-17-6-4-12)14(10-15)18(11)8-7-16-2/h3-6,9,16H,7-8H2,1-2H3. The molecule has 1 N–H and O–H groups in total.